The predicted molar refractivity (Wildman–Crippen MR) is 157 cm³/mol. The highest BCUT2D eigenvalue weighted by atomic mass is 16.5. The molecule has 41 heavy (non-hydrogen) atoms. The molecule has 1 aliphatic carbocycles. The molecule has 1 atom stereocenters. The molecular formula is C33H36N2O6. The van der Waals surface area contributed by atoms with Gasteiger partial charge in [-0.05, 0) is 60.2 Å². The van der Waals surface area contributed by atoms with Gasteiger partial charge in [0.1, 0.15) is 17.1 Å². The zero-order valence-electron chi connectivity index (χ0n) is 23.7. The molecule has 8 nitrogen and oxygen atoms in total. The Hall–Kier alpha value is -4.14. The molecule has 0 fully saturated rings. The summed E-state index contributed by atoms with van der Waals surface area (Å²) in [6.07, 6.45) is 2.12. The van der Waals surface area contributed by atoms with Gasteiger partial charge >= 0.3 is 5.69 Å². The first-order chi connectivity index (χ1) is 19.8. The van der Waals surface area contributed by atoms with Crippen molar-refractivity contribution in [1.82, 2.24) is 9.55 Å². The van der Waals surface area contributed by atoms with Crippen LogP contribution in [-0.4, -0.2) is 42.1 Å². The van der Waals surface area contributed by atoms with E-state index in [0.717, 1.165) is 40.3 Å². The van der Waals surface area contributed by atoms with E-state index < -0.39 is 16.7 Å². The average Bonchev–Trinajstić information content (AvgIpc) is 3.52. The molecular weight excluding hydrogens is 520 g/mol. The highest BCUT2D eigenvalue weighted by Crippen LogP contribution is 2.43. The van der Waals surface area contributed by atoms with Crippen LogP contribution in [0.2, 0.25) is 0 Å². The quantitative estimate of drug-likeness (QED) is 0.270. The predicted octanol–water partition coefficient (Wildman–Crippen LogP) is 4.05. The molecule has 0 saturated heterocycles. The second-order valence-corrected chi connectivity index (χ2v) is 10.9. The molecule has 1 aromatic heterocycles. The van der Waals surface area contributed by atoms with Crippen molar-refractivity contribution < 1.29 is 19.3 Å². The highest BCUT2D eigenvalue weighted by molar-refractivity contribution is 5.49. The van der Waals surface area contributed by atoms with Crippen LogP contribution in [0.15, 0.2) is 88.5 Å². The number of H-pyrrole nitrogens is 1. The Bertz CT molecular complexity index is 1550. The average molecular weight is 557 g/mol. The van der Waals surface area contributed by atoms with E-state index in [2.05, 4.69) is 4.98 Å². The maximum absolute atomic E-state index is 12.9. The fourth-order valence-electron chi connectivity index (χ4n) is 5.68. The molecule has 214 valence electrons. The van der Waals surface area contributed by atoms with Crippen LogP contribution in [0, 0.1) is 5.41 Å². The number of benzene rings is 3. The summed E-state index contributed by atoms with van der Waals surface area (Å²) in [4.78, 5) is 27.8. The van der Waals surface area contributed by atoms with Gasteiger partial charge < -0.3 is 19.3 Å². The molecule has 0 bridgehead atoms. The van der Waals surface area contributed by atoms with Crippen LogP contribution in [-0.2, 0) is 29.7 Å². The number of nitrogens with one attached hydrogen (secondary N) is 1. The van der Waals surface area contributed by atoms with Crippen LogP contribution >= 0.6 is 0 Å². The molecule has 0 spiro atoms. The topological polar surface area (TPSA) is 103 Å². The largest absolute Gasteiger partial charge is 0.497 e. The molecule has 0 amide bonds. The lowest BCUT2D eigenvalue weighted by molar-refractivity contribution is -0.0585. The second-order valence-electron chi connectivity index (χ2n) is 10.9. The molecule has 2 N–H and O–H groups in total. The van der Waals surface area contributed by atoms with Gasteiger partial charge in [-0.2, -0.15) is 0 Å². The van der Waals surface area contributed by atoms with Crippen molar-refractivity contribution in [3.05, 3.63) is 128 Å². The fourth-order valence-corrected chi connectivity index (χ4v) is 5.68. The van der Waals surface area contributed by atoms with Crippen LogP contribution < -0.4 is 20.7 Å². The minimum Gasteiger partial charge on any atom is -0.497 e. The number of aromatic amines is 1. The van der Waals surface area contributed by atoms with Gasteiger partial charge in [0.2, 0.25) is 0 Å². The van der Waals surface area contributed by atoms with Crippen molar-refractivity contribution in [2.45, 2.75) is 38.3 Å². The molecule has 1 aliphatic rings. The zero-order chi connectivity index (χ0) is 29.0. The first-order valence-corrected chi connectivity index (χ1v) is 13.8. The van der Waals surface area contributed by atoms with Gasteiger partial charge in [-0.25, -0.2) is 4.79 Å². The summed E-state index contributed by atoms with van der Waals surface area (Å²) in [6, 6.07) is 25.4. The number of aliphatic hydroxyl groups is 1. The van der Waals surface area contributed by atoms with E-state index in [9.17, 15) is 14.7 Å². The van der Waals surface area contributed by atoms with Gasteiger partial charge in [0.05, 0.1) is 27.4 Å². The van der Waals surface area contributed by atoms with E-state index in [1.807, 2.05) is 85.8 Å². The van der Waals surface area contributed by atoms with Crippen LogP contribution in [0.4, 0.5) is 0 Å². The fraction of sp³-hybridized carbons (Fsp3) is 0.333. The smallest absolute Gasteiger partial charge is 0.328 e. The summed E-state index contributed by atoms with van der Waals surface area (Å²) in [5.41, 5.74) is 1.36. The molecule has 0 aliphatic heterocycles. The van der Waals surface area contributed by atoms with Crippen molar-refractivity contribution in [3.8, 4) is 11.5 Å². The van der Waals surface area contributed by atoms with Crippen LogP contribution in [0.25, 0.3) is 0 Å². The number of fused-ring (bicyclic) bond motifs is 1. The van der Waals surface area contributed by atoms with E-state index in [0.29, 0.717) is 18.4 Å². The van der Waals surface area contributed by atoms with Crippen molar-refractivity contribution in [3.63, 3.8) is 0 Å². The van der Waals surface area contributed by atoms with Gasteiger partial charge in [-0.3, -0.25) is 14.3 Å². The van der Waals surface area contributed by atoms with Gasteiger partial charge in [0.15, 0.2) is 0 Å². The monoisotopic (exact) mass is 556 g/mol. The molecule has 1 unspecified atom stereocenters. The number of aromatic nitrogens is 2. The summed E-state index contributed by atoms with van der Waals surface area (Å²) in [7, 11) is 3.25. The molecule has 3 aromatic carbocycles. The van der Waals surface area contributed by atoms with E-state index >= 15 is 0 Å². The number of hydrogen-bond donors (Lipinski definition) is 2. The maximum atomic E-state index is 12.9. The van der Waals surface area contributed by atoms with Gasteiger partial charge in [0.25, 0.3) is 5.56 Å². The van der Waals surface area contributed by atoms with Gasteiger partial charge in [-0.1, -0.05) is 61.5 Å². The van der Waals surface area contributed by atoms with E-state index in [-0.39, 0.29) is 25.3 Å². The summed E-state index contributed by atoms with van der Waals surface area (Å²) in [5, 5.41) is 10.7. The number of hydrogen-bond acceptors (Lipinski definition) is 6. The zero-order valence-corrected chi connectivity index (χ0v) is 23.7. The molecule has 4 aromatic rings. The number of rotatable bonds is 11. The van der Waals surface area contributed by atoms with E-state index in [1.165, 1.54) is 0 Å². The summed E-state index contributed by atoms with van der Waals surface area (Å²) in [5.74, 6) is 1.44. The number of nitrogens with zero attached hydrogens (tertiary/aromatic N) is 1. The second kappa shape index (κ2) is 11.8. The lowest BCUT2D eigenvalue weighted by atomic mass is 9.79. The third-order valence-corrected chi connectivity index (χ3v) is 7.99. The Morgan fingerprint density at radius 2 is 1.39 bits per heavy atom. The van der Waals surface area contributed by atoms with Crippen molar-refractivity contribution >= 4 is 0 Å². The third-order valence-electron chi connectivity index (χ3n) is 7.99. The Morgan fingerprint density at radius 3 is 1.93 bits per heavy atom. The SMILES string of the molecule is COc1ccc(C(OCC(C)(CO)Cn2c3c(c(=O)[nH]c2=O)CCC3)(c2ccccc2)c2ccc(OC)cc2)cc1. The molecule has 0 saturated carbocycles. The Labute approximate surface area is 239 Å². The molecule has 1 heterocycles. The number of methoxy groups -OCH3 is 2. The number of aliphatic hydroxyl groups excluding tert-OH is 1. The molecule has 8 heteroatoms. The van der Waals surface area contributed by atoms with Crippen LogP contribution in [0.5, 0.6) is 11.5 Å². The first-order valence-electron chi connectivity index (χ1n) is 13.8. The summed E-state index contributed by atoms with van der Waals surface area (Å²) >= 11 is 0. The molecule has 0 radical (unpaired) electrons. The lowest BCUT2D eigenvalue weighted by Gasteiger charge is -2.39. The Balaban J connectivity index is 1.61. The number of ether oxygens (including phenoxy) is 3. The van der Waals surface area contributed by atoms with Crippen molar-refractivity contribution in [1.29, 1.82) is 0 Å². The third kappa shape index (κ3) is 5.45. The first kappa shape index (κ1) is 28.4. The minimum absolute atomic E-state index is 0.108. The lowest BCUT2D eigenvalue weighted by Crippen LogP contribution is -2.44. The normalized spacial score (nSPS) is 14.3. The van der Waals surface area contributed by atoms with Crippen molar-refractivity contribution in [2.24, 2.45) is 5.41 Å². The standard InChI is InChI=1S/C33H36N2O6/c1-32(21-36,20-35-29-11-7-10-28(29)30(37)34-31(35)38)22-41-33(23-8-5-4-6-9-23,24-12-16-26(39-2)17-13-24)25-14-18-27(40-3)19-15-25/h4-6,8-9,12-19,36H,7,10-11,20-22H2,1-3H3,(H,34,37,38). The Kier molecular flexibility index (Phi) is 8.15. The van der Waals surface area contributed by atoms with Crippen molar-refractivity contribution in [2.75, 3.05) is 27.4 Å². The van der Waals surface area contributed by atoms with E-state index in [1.54, 1.807) is 18.8 Å². The van der Waals surface area contributed by atoms with Crippen LogP contribution in [0.1, 0.15) is 41.3 Å². The van der Waals surface area contributed by atoms with Crippen LogP contribution in [0.3, 0.4) is 0 Å². The van der Waals surface area contributed by atoms with E-state index in [4.69, 9.17) is 14.2 Å². The Morgan fingerprint density at radius 1 is 0.829 bits per heavy atom. The van der Waals surface area contributed by atoms with Gasteiger partial charge in [-0.15, -0.1) is 0 Å². The minimum atomic E-state index is -1.06. The summed E-state index contributed by atoms with van der Waals surface area (Å²) in [6.45, 7) is 1.96. The maximum Gasteiger partial charge on any atom is 0.328 e. The van der Waals surface area contributed by atoms with Gasteiger partial charge in [0, 0.05) is 23.2 Å². The highest BCUT2D eigenvalue weighted by Gasteiger charge is 2.40. The molecule has 5 rings (SSSR count). The summed E-state index contributed by atoms with van der Waals surface area (Å²) < 4.78 is 19.5.